The van der Waals surface area contributed by atoms with E-state index in [0.717, 1.165) is 44.9 Å². The van der Waals surface area contributed by atoms with E-state index in [4.69, 9.17) is 18.5 Å². The molecule has 0 spiro atoms. The Morgan fingerprint density at radius 3 is 1.52 bits per heavy atom. The van der Waals surface area contributed by atoms with E-state index in [-0.39, 0.29) is 26.1 Å². The lowest BCUT2D eigenvalue weighted by Crippen LogP contribution is -2.37. The first-order valence-corrected chi connectivity index (χ1v) is 24.1. The van der Waals surface area contributed by atoms with E-state index in [1.54, 1.807) is 0 Å². The molecule has 0 saturated heterocycles. The van der Waals surface area contributed by atoms with Crippen LogP contribution in [0.1, 0.15) is 168 Å². The topological polar surface area (TPSA) is 111 Å². The minimum atomic E-state index is -4.65. The number of allylic oxidation sites excluding steroid dienone is 12. The minimum Gasteiger partial charge on any atom is -0.756 e. The zero-order chi connectivity index (χ0) is 42.8. The molecular weight excluding hydrogens is 750 g/mol. The van der Waals surface area contributed by atoms with Gasteiger partial charge in [0, 0.05) is 12.8 Å². The molecule has 0 N–H and O–H groups in total. The first-order valence-electron chi connectivity index (χ1n) is 22.6. The Morgan fingerprint density at radius 2 is 0.983 bits per heavy atom. The number of rotatable bonds is 40. The van der Waals surface area contributed by atoms with E-state index < -0.39 is 32.5 Å². The molecule has 1 unspecified atom stereocenters. The van der Waals surface area contributed by atoms with Crippen LogP contribution in [0.5, 0.6) is 0 Å². The van der Waals surface area contributed by atoms with Crippen LogP contribution in [0.3, 0.4) is 0 Å². The fourth-order valence-corrected chi connectivity index (χ4v) is 6.35. The van der Waals surface area contributed by atoms with Gasteiger partial charge in [-0.1, -0.05) is 157 Å². The van der Waals surface area contributed by atoms with Crippen molar-refractivity contribution < 1.29 is 42.1 Å². The predicted octanol–water partition coefficient (Wildman–Crippen LogP) is 12.4. The first kappa shape index (κ1) is 55.5. The highest BCUT2D eigenvalue weighted by Gasteiger charge is 2.21. The van der Waals surface area contributed by atoms with E-state index in [9.17, 15) is 19.0 Å². The molecule has 0 fully saturated rings. The van der Waals surface area contributed by atoms with Gasteiger partial charge < -0.3 is 27.9 Å². The maximum Gasteiger partial charge on any atom is 0.306 e. The van der Waals surface area contributed by atoms with E-state index in [1.165, 1.54) is 83.5 Å². The van der Waals surface area contributed by atoms with Gasteiger partial charge in [0.15, 0.2) is 6.10 Å². The number of likely N-dealkylation sites (N-methyl/N-ethyl adjacent to an activating group) is 1. The van der Waals surface area contributed by atoms with Gasteiger partial charge in [-0.3, -0.25) is 14.2 Å². The third-order valence-corrected chi connectivity index (χ3v) is 10.2. The molecule has 10 heteroatoms. The zero-order valence-electron chi connectivity index (χ0n) is 37.5. The van der Waals surface area contributed by atoms with Gasteiger partial charge >= 0.3 is 11.9 Å². The molecule has 0 amide bonds. The molecule has 58 heavy (non-hydrogen) atoms. The summed E-state index contributed by atoms with van der Waals surface area (Å²) in [6.45, 7) is 4.07. The summed E-state index contributed by atoms with van der Waals surface area (Å²) in [7, 11) is 1.11. The molecule has 0 rings (SSSR count). The number of nitrogens with zero attached hydrogens (tertiary/aromatic N) is 1. The van der Waals surface area contributed by atoms with Gasteiger partial charge in [0.25, 0.3) is 7.82 Å². The highest BCUT2D eigenvalue weighted by Crippen LogP contribution is 2.38. The summed E-state index contributed by atoms with van der Waals surface area (Å²) >= 11 is 0. The fourth-order valence-electron chi connectivity index (χ4n) is 5.62. The van der Waals surface area contributed by atoms with Crippen LogP contribution in [0.4, 0.5) is 0 Å². The molecule has 0 aromatic heterocycles. The van der Waals surface area contributed by atoms with Crippen molar-refractivity contribution >= 4 is 19.8 Å². The molecular formula is C48H84NO8P. The summed E-state index contributed by atoms with van der Waals surface area (Å²) < 4.78 is 33.8. The number of quaternary nitrogens is 1. The quantitative estimate of drug-likeness (QED) is 0.0197. The number of carbonyl (C=O) groups excluding carboxylic acids is 2. The third kappa shape index (κ3) is 43.0. The van der Waals surface area contributed by atoms with Crippen molar-refractivity contribution in [3.63, 3.8) is 0 Å². The van der Waals surface area contributed by atoms with Gasteiger partial charge in [0.1, 0.15) is 19.8 Å². The number of carbonyl (C=O) groups is 2. The zero-order valence-corrected chi connectivity index (χ0v) is 38.4. The van der Waals surface area contributed by atoms with Crippen LogP contribution < -0.4 is 4.89 Å². The van der Waals surface area contributed by atoms with Gasteiger partial charge in [0.2, 0.25) is 0 Å². The maximum atomic E-state index is 12.7. The highest BCUT2D eigenvalue weighted by molar-refractivity contribution is 7.45. The molecule has 0 aliphatic heterocycles. The molecule has 0 aromatic rings. The number of phosphoric ester groups is 1. The molecule has 0 aromatic carbocycles. The van der Waals surface area contributed by atoms with Crippen LogP contribution in [0.25, 0.3) is 0 Å². The van der Waals surface area contributed by atoms with Crippen molar-refractivity contribution in [2.75, 3.05) is 47.5 Å². The highest BCUT2D eigenvalue weighted by atomic mass is 31.2. The molecule has 0 saturated carbocycles. The molecule has 0 heterocycles. The lowest BCUT2D eigenvalue weighted by atomic mass is 10.1. The van der Waals surface area contributed by atoms with Gasteiger partial charge in [-0.25, -0.2) is 0 Å². The predicted molar refractivity (Wildman–Crippen MR) is 240 cm³/mol. The van der Waals surface area contributed by atoms with E-state index in [0.29, 0.717) is 23.9 Å². The lowest BCUT2D eigenvalue weighted by Gasteiger charge is -2.28. The maximum absolute atomic E-state index is 12.7. The largest absolute Gasteiger partial charge is 0.756 e. The van der Waals surface area contributed by atoms with Crippen molar-refractivity contribution in [3.05, 3.63) is 72.9 Å². The number of unbranched alkanes of at least 4 members (excludes halogenated alkanes) is 14. The molecule has 0 aliphatic rings. The molecule has 0 aliphatic carbocycles. The summed E-state index contributed by atoms with van der Waals surface area (Å²) in [5.74, 6) is -0.938. The SMILES string of the molecule is CCCC/C=C/CCCCCCCCCCCC(=O)OC[C@H](COP(=O)([O-])OCC[N+](C)(C)C)OC(=O)CC/C=C/C/C=C/C/C=C/C/C=C/C/C=C/CCCCC. The molecule has 0 bridgehead atoms. The van der Waals surface area contributed by atoms with Crippen molar-refractivity contribution in [2.45, 2.75) is 174 Å². The van der Waals surface area contributed by atoms with Crippen LogP contribution in [-0.4, -0.2) is 70.0 Å². The Kier molecular flexibility index (Phi) is 38.1. The van der Waals surface area contributed by atoms with Crippen LogP contribution in [-0.2, 0) is 32.7 Å². The monoisotopic (exact) mass is 834 g/mol. The average molecular weight is 834 g/mol. The van der Waals surface area contributed by atoms with Gasteiger partial charge in [0.05, 0.1) is 27.7 Å². The summed E-state index contributed by atoms with van der Waals surface area (Å²) in [5.41, 5.74) is 0. The Morgan fingerprint density at radius 1 is 0.534 bits per heavy atom. The Hall–Kier alpha value is -2.55. The second kappa shape index (κ2) is 39.9. The number of hydrogen-bond acceptors (Lipinski definition) is 8. The number of phosphoric acid groups is 1. The first-order chi connectivity index (χ1) is 28.0. The number of hydrogen-bond donors (Lipinski definition) is 0. The summed E-state index contributed by atoms with van der Waals surface area (Å²) in [4.78, 5) is 37.5. The minimum absolute atomic E-state index is 0.0474. The summed E-state index contributed by atoms with van der Waals surface area (Å²) in [6, 6.07) is 0. The fraction of sp³-hybridized carbons (Fsp3) is 0.708. The standard InChI is InChI=1S/C48H84NO8P/c1-6-8-10-12-14-16-18-20-22-23-24-25-27-29-31-33-35-37-39-41-48(51)57-46(45-56-58(52,53)55-43-42-49(3,4)5)44-54-47(50)40-38-36-34-32-30-28-26-21-19-17-15-13-11-9-7-2/h13-16,20,22,24-25,29,31,35,37,46H,6-12,17-19,21,23,26-28,30,32-34,36,38-45H2,1-5H3/b15-13+,16-14+,22-20+,25-24+,31-29+,37-35+/t46-/m1/s1. The lowest BCUT2D eigenvalue weighted by molar-refractivity contribution is -0.870. The van der Waals surface area contributed by atoms with E-state index >= 15 is 0 Å². The van der Waals surface area contributed by atoms with Gasteiger partial charge in [-0.15, -0.1) is 0 Å². The van der Waals surface area contributed by atoms with Crippen LogP contribution >= 0.6 is 7.82 Å². The molecule has 9 nitrogen and oxygen atoms in total. The summed E-state index contributed by atoms with van der Waals surface area (Å²) in [6.07, 6.45) is 49.4. The Bertz CT molecular complexity index is 1220. The van der Waals surface area contributed by atoms with Crippen molar-refractivity contribution in [3.8, 4) is 0 Å². The van der Waals surface area contributed by atoms with Crippen molar-refractivity contribution in [2.24, 2.45) is 0 Å². The van der Waals surface area contributed by atoms with E-state index in [1.807, 2.05) is 33.3 Å². The normalized spacial score (nSPS) is 14.2. The van der Waals surface area contributed by atoms with Crippen molar-refractivity contribution in [1.29, 1.82) is 0 Å². The van der Waals surface area contributed by atoms with Gasteiger partial charge in [-0.05, 0) is 70.6 Å². The van der Waals surface area contributed by atoms with Crippen LogP contribution in [0.2, 0.25) is 0 Å². The Labute approximate surface area is 355 Å². The average Bonchev–Trinajstić information content (AvgIpc) is 3.17. The number of esters is 2. The van der Waals surface area contributed by atoms with Crippen molar-refractivity contribution in [1.82, 2.24) is 0 Å². The second-order valence-electron chi connectivity index (χ2n) is 16.1. The summed E-state index contributed by atoms with van der Waals surface area (Å²) in [5, 5.41) is 0. The molecule has 0 radical (unpaired) electrons. The Balaban J connectivity index is 4.49. The van der Waals surface area contributed by atoms with Crippen LogP contribution in [0, 0.1) is 0 Å². The smallest absolute Gasteiger partial charge is 0.306 e. The van der Waals surface area contributed by atoms with Gasteiger partial charge in [-0.2, -0.15) is 0 Å². The number of ether oxygens (including phenoxy) is 2. The third-order valence-electron chi connectivity index (χ3n) is 9.21. The van der Waals surface area contributed by atoms with E-state index in [2.05, 4.69) is 74.6 Å². The van der Waals surface area contributed by atoms with Crippen LogP contribution in [0.15, 0.2) is 72.9 Å². The molecule has 2 atom stereocenters. The second-order valence-corrected chi connectivity index (χ2v) is 17.5. The molecule has 334 valence electrons.